The van der Waals surface area contributed by atoms with Gasteiger partial charge in [0.1, 0.15) is 5.75 Å². The average molecular weight is 270 g/mol. The Morgan fingerprint density at radius 3 is 2.67 bits per heavy atom. The van der Waals surface area contributed by atoms with Crippen LogP contribution >= 0.6 is 15.9 Å². The minimum atomic E-state index is 0.169. The zero-order valence-corrected chi connectivity index (χ0v) is 10.6. The van der Waals surface area contributed by atoms with Gasteiger partial charge < -0.3 is 10.5 Å². The van der Waals surface area contributed by atoms with Gasteiger partial charge in [0.05, 0.1) is 11.6 Å². The van der Waals surface area contributed by atoms with E-state index in [0.717, 1.165) is 16.1 Å². The number of rotatable bonds is 3. The predicted molar refractivity (Wildman–Crippen MR) is 64.9 cm³/mol. The number of ether oxygens (including phenoxy) is 1. The molecule has 2 nitrogen and oxygen atoms in total. The molecule has 0 saturated heterocycles. The third-order valence-electron chi connectivity index (χ3n) is 3.19. The molecule has 0 amide bonds. The number of halogens is 1. The molecule has 2 rings (SSSR count). The second-order valence-corrected chi connectivity index (χ2v) is 5.15. The molecular formula is C12H16BrNO. The van der Waals surface area contributed by atoms with Crippen LogP contribution in [0.5, 0.6) is 5.75 Å². The number of benzene rings is 1. The molecule has 1 aromatic carbocycles. The van der Waals surface area contributed by atoms with E-state index in [1.165, 1.54) is 12.0 Å². The molecule has 3 heteroatoms. The van der Waals surface area contributed by atoms with Gasteiger partial charge in [0.25, 0.3) is 0 Å². The quantitative estimate of drug-likeness (QED) is 0.915. The van der Waals surface area contributed by atoms with E-state index in [2.05, 4.69) is 35.0 Å². The molecule has 1 aliphatic rings. The molecule has 0 heterocycles. The molecule has 1 aromatic rings. The van der Waals surface area contributed by atoms with Crippen molar-refractivity contribution in [3.8, 4) is 5.75 Å². The van der Waals surface area contributed by atoms with Crippen molar-refractivity contribution in [1.82, 2.24) is 0 Å². The zero-order valence-electron chi connectivity index (χ0n) is 9.03. The van der Waals surface area contributed by atoms with Gasteiger partial charge in [0, 0.05) is 6.04 Å². The Hall–Kier alpha value is -0.540. The Kier molecular flexibility index (Phi) is 3.03. The van der Waals surface area contributed by atoms with Gasteiger partial charge in [0.2, 0.25) is 0 Å². The minimum Gasteiger partial charge on any atom is -0.496 e. The fraction of sp³-hybridized carbons (Fsp3) is 0.500. The molecule has 1 aliphatic carbocycles. The van der Waals surface area contributed by atoms with E-state index in [9.17, 15) is 0 Å². The molecule has 82 valence electrons. The van der Waals surface area contributed by atoms with Gasteiger partial charge in [-0.25, -0.2) is 0 Å². The van der Waals surface area contributed by atoms with Crippen molar-refractivity contribution in [2.45, 2.75) is 19.4 Å². The van der Waals surface area contributed by atoms with Crippen molar-refractivity contribution >= 4 is 15.9 Å². The second kappa shape index (κ2) is 4.14. The summed E-state index contributed by atoms with van der Waals surface area (Å²) >= 11 is 3.48. The molecule has 0 spiro atoms. The third kappa shape index (κ3) is 2.18. The number of hydrogen-bond acceptors (Lipinski definition) is 2. The predicted octanol–water partition coefficient (Wildman–Crippen LogP) is 3.11. The van der Waals surface area contributed by atoms with Crippen LogP contribution in [0.1, 0.15) is 24.9 Å². The average Bonchev–Trinajstić information content (AvgIpc) is 2.94. The first-order valence-corrected chi connectivity index (χ1v) is 6.01. The van der Waals surface area contributed by atoms with Gasteiger partial charge in [-0.2, -0.15) is 0 Å². The highest BCUT2D eigenvalue weighted by Gasteiger charge is 2.38. The molecule has 0 bridgehead atoms. The van der Waals surface area contributed by atoms with Crippen molar-refractivity contribution in [3.63, 3.8) is 0 Å². The van der Waals surface area contributed by atoms with Gasteiger partial charge in [-0.3, -0.25) is 0 Å². The summed E-state index contributed by atoms with van der Waals surface area (Å²) in [5.41, 5.74) is 7.38. The lowest BCUT2D eigenvalue weighted by Gasteiger charge is -2.13. The Morgan fingerprint density at radius 2 is 2.20 bits per heavy atom. The summed E-state index contributed by atoms with van der Waals surface area (Å²) in [6.07, 6.45) is 1.25. The van der Waals surface area contributed by atoms with E-state index in [4.69, 9.17) is 10.5 Å². The summed E-state index contributed by atoms with van der Waals surface area (Å²) in [7, 11) is 1.67. The molecule has 1 fully saturated rings. The largest absolute Gasteiger partial charge is 0.496 e. The van der Waals surface area contributed by atoms with Crippen LogP contribution in [0.4, 0.5) is 0 Å². The lowest BCUT2D eigenvalue weighted by molar-refractivity contribution is 0.411. The first-order chi connectivity index (χ1) is 7.13. The van der Waals surface area contributed by atoms with Crippen LogP contribution in [0.15, 0.2) is 22.7 Å². The highest BCUT2D eigenvalue weighted by Crippen LogP contribution is 2.46. The molecule has 1 saturated carbocycles. The van der Waals surface area contributed by atoms with Gasteiger partial charge in [0.15, 0.2) is 0 Å². The van der Waals surface area contributed by atoms with Gasteiger partial charge in [-0.15, -0.1) is 0 Å². The van der Waals surface area contributed by atoms with Crippen molar-refractivity contribution in [2.75, 3.05) is 7.11 Å². The standard InChI is InChI=1S/C12H16BrNO/c1-7-5-9(7)12(14)8-3-4-11(15-2)10(13)6-8/h3-4,6-7,9,12H,5,14H2,1-2H3. The Bertz CT molecular complexity index is 367. The van der Waals surface area contributed by atoms with Crippen LogP contribution in [0.25, 0.3) is 0 Å². The van der Waals surface area contributed by atoms with Crippen LogP contribution < -0.4 is 10.5 Å². The summed E-state index contributed by atoms with van der Waals surface area (Å²) in [4.78, 5) is 0. The summed E-state index contributed by atoms with van der Waals surface area (Å²) < 4.78 is 6.17. The smallest absolute Gasteiger partial charge is 0.133 e. The molecule has 0 aromatic heterocycles. The lowest BCUT2D eigenvalue weighted by Crippen LogP contribution is -2.13. The van der Waals surface area contributed by atoms with E-state index >= 15 is 0 Å². The lowest BCUT2D eigenvalue weighted by atomic mass is 10.0. The topological polar surface area (TPSA) is 35.2 Å². The Labute approximate surface area is 98.9 Å². The molecule has 15 heavy (non-hydrogen) atoms. The summed E-state index contributed by atoms with van der Waals surface area (Å²) in [5.74, 6) is 2.29. The summed E-state index contributed by atoms with van der Waals surface area (Å²) in [5, 5.41) is 0. The molecule has 0 radical (unpaired) electrons. The van der Waals surface area contributed by atoms with Crippen LogP contribution in [0, 0.1) is 11.8 Å². The molecule has 3 atom stereocenters. The molecule has 0 aliphatic heterocycles. The van der Waals surface area contributed by atoms with Crippen LogP contribution in [-0.2, 0) is 0 Å². The van der Waals surface area contributed by atoms with Crippen LogP contribution in [-0.4, -0.2) is 7.11 Å². The zero-order chi connectivity index (χ0) is 11.0. The number of methoxy groups -OCH3 is 1. The molecule has 2 N–H and O–H groups in total. The highest BCUT2D eigenvalue weighted by molar-refractivity contribution is 9.10. The van der Waals surface area contributed by atoms with E-state index in [0.29, 0.717) is 5.92 Å². The minimum absolute atomic E-state index is 0.169. The number of nitrogens with two attached hydrogens (primary N) is 1. The monoisotopic (exact) mass is 269 g/mol. The SMILES string of the molecule is COc1ccc(C(N)C2CC2C)cc1Br. The molecular weight excluding hydrogens is 254 g/mol. The maximum Gasteiger partial charge on any atom is 0.133 e. The van der Waals surface area contributed by atoms with Crippen molar-refractivity contribution in [1.29, 1.82) is 0 Å². The number of hydrogen-bond donors (Lipinski definition) is 1. The van der Waals surface area contributed by atoms with E-state index in [1.54, 1.807) is 7.11 Å². The van der Waals surface area contributed by atoms with Gasteiger partial charge in [-0.05, 0) is 51.9 Å². The van der Waals surface area contributed by atoms with Gasteiger partial charge in [-0.1, -0.05) is 13.0 Å². The van der Waals surface area contributed by atoms with Crippen molar-refractivity contribution < 1.29 is 4.74 Å². The maximum atomic E-state index is 6.19. The van der Waals surface area contributed by atoms with E-state index < -0.39 is 0 Å². The first kappa shape index (κ1) is 11.0. The Morgan fingerprint density at radius 1 is 1.53 bits per heavy atom. The third-order valence-corrected chi connectivity index (χ3v) is 3.81. The van der Waals surface area contributed by atoms with Gasteiger partial charge >= 0.3 is 0 Å². The van der Waals surface area contributed by atoms with Crippen LogP contribution in [0.3, 0.4) is 0 Å². The molecule has 3 unspecified atom stereocenters. The fourth-order valence-electron chi connectivity index (χ4n) is 1.99. The summed E-state index contributed by atoms with van der Waals surface area (Å²) in [6.45, 7) is 2.25. The van der Waals surface area contributed by atoms with E-state index in [1.807, 2.05) is 6.07 Å². The van der Waals surface area contributed by atoms with Crippen molar-refractivity contribution in [3.05, 3.63) is 28.2 Å². The van der Waals surface area contributed by atoms with Crippen molar-refractivity contribution in [2.24, 2.45) is 17.6 Å². The highest BCUT2D eigenvalue weighted by atomic mass is 79.9. The second-order valence-electron chi connectivity index (χ2n) is 4.30. The maximum absolute atomic E-state index is 6.19. The Balaban J connectivity index is 2.18. The van der Waals surface area contributed by atoms with E-state index in [-0.39, 0.29) is 6.04 Å². The fourth-order valence-corrected chi connectivity index (χ4v) is 2.55. The normalized spacial score (nSPS) is 26.1. The first-order valence-electron chi connectivity index (χ1n) is 5.22. The summed E-state index contributed by atoms with van der Waals surface area (Å²) in [6, 6.07) is 6.25. The van der Waals surface area contributed by atoms with Crippen LogP contribution in [0.2, 0.25) is 0 Å².